The summed E-state index contributed by atoms with van der Waals surface area (Å²) in [6.07, 6.45) is 0.699. The molecule has 0 spiro atoms. The molecule has 1 fully saturated rings. The average molecular weight is 560 g/mol. The Balaban J connectivity index is 1.66. The lowest BCUT2D eigenvalue weighted by atomic mass is 10.1. The van der Waals surface area contributed by atoms with Gasteiger partial charge in [-0.25, -0.2) is 9.78 Å². The molecule has 4 rings (SSSR count). The zero-order chi connectivity index (χ0) is 27.1. The number of amides is 1. The van der Waals surface area contributed by atoms with Crippen molar-refractivity contribution in [2.45, 2.75) is 13.3 Å². The van der Waals surface area contributed by atoms with E-state index in [9.17, 15) is 9.59 Å². The van der Waals surface area contributed by atoms with Crippen molar-refractivity contribution < 1.29 is 19.1 Å². The van der Waals surface area contributed by atoms with Gasteiger partial charge in [-0.05, 0) is 62.9 Å². The molecule has 2 N–H and O–H groups in total. The van der Waals surface area contributed by atoms with Gasteiger partial charge in [0.15, 0.2) is 0 Å². The monoisotopic (exact) mass is 559 g/mol. The molecule has 0 atom stereocenters. The lowest BCUT2D eigenvalue weighted by Gasteiger charge is -2.37. The molecule has 9 nitrogen and oxygen atoms in total. The minimum absolute atomic E-state index is 0.0613. The first-order chi connectivity index (χ1) is 18.4. The van der Waals surface area contributed by atoms with Crippen molar-refractivity contribution >= 4 is 51.7 Å². The van der Waals surface area contributed by atoms with Gasteiger partial charge in [0, 0.05) is 53.7 Å². The van der Waals surface area contributed by atoms with E-state index in [-0.39, 0.29) is 24.0 Å². The van der Waals surface area contributed by atoms with E-state index in [0.29, 0.717) is 72.6 Å². The standard InChI is InChI=1S/C27H31Cl2N5O4/c1-3-37-27(36)23-24(33-12-14-34(15-13-33)26(35)18-5-7-19(28)8-6-18)21-17-20(29)9-10-22(21)32-25(23)38-16-4-11-31-30-2/h5-10,17,30-31H,3-4,11-16H2,1-2H3. The molecule has 1 aliphatic heterocycles. The van der Waals surface area contributed by atoms with Crippen LogP contribution in [0.2, 0.25) is 10.0 Å². The fourth-order valence-corrected chi connectivity index (χ4v) is 4.68. The van der Waals surface area contributed by atoms with E-state index < -0.39 is 5.97 Å². The highest BCUT2D eigenvalue weighted by atomic mass is 35.5. The van der Waals surface area contributed by atoms with Crippen molar-refractivity contribution in [3.63, 3.8) is 0 Å². The summed E-state index contributed by atoms with van der Waals surface area (Å²) < 4.78 is 11.5. The third-order valence-corrected chi connectivity index (χ3v) is 6.69. The second kappa shape index (κ2) is 13.1. The number of nitrogens with zero attached hydrogens (tertiary/aromatic N) is 3. The Morgan fingerprint density at radius 2 is 1.74 bits per heavy atom. The van der Waals surface area contributed by atoms with Crippen LogP contribution in [0.15, 0.2) is 42.5 Å². The molecule has 3 aromatic rings. The number of fused-ring (bicyclic) bond motifs is 1. The van der Waals surface area contributed by atoms with Crippen molar-refractivity contribution in [3.8, 4) is 5.88 Å². The zero-order valence-electron chi connectivity index (χ0n) is 21.4. The van der Waals surface area contributed by atoms with Gasteiger partial charge in [0.2, 0.25) is 5.88 Å². The number of pyridine rings is 1. The number of benzene rings is 2. The van der Waals surface area contributed by atoms with Gasteiger partial charge in [-0.1, -0.05) is 23.2 Å². The van der Waals surface area contributed by atoms with E-state index in [1.54, 1.807) is 55.3 Å². The molecule has 0 unspecified atom stereocenters. The number of rotatable bonds is 10. The van der Waals surface area contributed by atoms with Gasteiger partial charge in [-0.15, -0.1) is 0 Å². The number of nitrogens with one attached hydrogen (secondary N) is 2. The average Bonchev–Trinajstić information content (AvgIpc) is 2.92. The van der Waals surface area contributed by atoms with Crippen molar-refractivity contribution in [2.24, 2.45) is 0 Å². The van der Waals surface area contributed by atoms with Crippen molar-refractivity contribution in [2.75, 3.05) is 57.9 Å². The zero-order valence-corrected chi connectivity index (χ0v) is 22.9. The number of hydrogen-bond donors (Lipinski definition) is 2. The molecule has 11 heteroatoms. The number of hydrogen-bond acceptors (Lipinski definition) is 8. The van der Waals surface area contributed by atoms with Gasteiger partial charge < -0.3 is 19.3 Å². The highest BCUT2D eigenvalue weighted by molar-refractivity contribution is 6.31. The summed E-state index contributed by atoms with van der Waals surface area (Å²) in [5.74, 6) is -0.355. The van der Waals surface area contributed by atoms with Crippen LogP contribution < -0.4 is 20.5 Å². The fraction of sp³-hybridized carbons (Fsp3) is 0.370. The fourth-order valence-electron chi connectivity index (χ4n) is 4.38. The summed E-state index contributed by atoms with van der Waals surface area (Å²) in [5, 5.41) is 1.83. The third kappa shape index (κ3) is 6.47. The molecular formula is C27H31Cl2N5O4. The topological polar surface area (TPSA) is 96.0 Å². The van der Waals surface area contributed by atoms with Crippen LogP contribution in [0.4, 0.5) is 5.69 Å². The SMILES string of the molecule is CCOC(=O)c1c(OCCCNNC)nc2ccc(Cl)cc2c1N1CCN(C(=O)c2ccc(Cl)cc2)CC1. The van der Waals surface area contributed by atoms with Gasteiger partial charge in [-0.2, -0.15) is 0 Å². The molecule has 1 amide bonds. The van der Waals surface area contributed by atoms with Crippen molar-refractivity contribution in [3.05, 3.63) is 63.6 Å². The molecule has 0 bridgehead atoms. The minimum Gasteiger partial charge on any atom is -0.477 e. The molecule has 1 aromatic heterocycles. The first-order valence-corrected chi connectivity index (χ1v) is 13.3. The predicted molar refractivity (Wildman–Crippen MR) is 149 cm³/mol. The molecule has 2 heterocycles. The molecule has 0 aliphatic carbocycles. The molecule has 202 valence electrons. The van der Waals surface area contributed by atoms with E-state index in [1.165, 1.54) is 0 Å². The Hall–Kier alpha value is -3.11. The number of carbonyl (C=O) groups is 2. The highest BCUT2D eigenvalue weighted by Gasteiger charge is 2.30. The molecule has 0 radical (unpaired) electrons. The summed E-state index contributed by atoms with van der Waals surface area (Å²) >= 11 is 12.3. The Morgan fingerprint density at radius 1 is 1.03 bits per heavy atom. The Labute approximate surface area is 232 Å². The molecule has 1 saturated heterocycles. The lowest BCUT2D eigenvalue weighted by Crippen LogP contribution is -2.49. The Bertz CT molecular complexity index is 1280. The van der Waals surface area contributed by atoms with E-state index in [0.717, 1.165) is 5.39 Å². The number of esters is 1. The summed E-state index contributed by atoms with van der Waals surface area (Å²) in [5.41, 5.74) is 8.04. The van der Waals surface area contributed by atoms with Crippen LogP contribution >= 0.6 is 23.2 Å². The van der Waals surface area contributed by atoms with Gasteiger partial charge >= 0.3 is 5.97 Å². The molecule has 1 aliphatic rings. The highest BCUT2D eigenvalue weighted by Crippen LogP contribution is 2.38. The van der Waals surface area contributed by atoms with Crippen molar-refractivity contribution in [1.82, 2.24) is 20.7 Å². The van der Waals surface area contributed by atoms with E-state index >= 15 is 0 Å². The normalized spacial score (nSPS) is 13.6. The van der Waals surface area contributed by atoms with Gasteiger partial charge in [0.25, 0.3) is 5.91 Å². The van der Waals surface area contributed by atoms with E-state index in [2.05, 4.69) is 20.7 Å². The summed E-state index contributed by atoms with van der Waals surface area (Å²) in [4.78, 5) is 34.9. The number of ether oxygens (including phenoxy) is 2. The van der Waals surface area contributed by atoms with E-state index in [4.69, 9.17) is 32.7 Å². The molecular weight excluding hydrogens is 529 g/mol. The second-order valence-electron chi connectivity index (χ2n) is 8.69. The van der Waals surface area contributed by atoms with Crippen LogP contribution in [0.3, 0.4) is 0 Å². The maximum atomic E-state index is 13.3. The van der Waals surface area contributed by atoms with Gasteiger partial charge in [0.1, 0.15) is 5.56 Å². The quantitative estimate of drug-likeness (QED) is 0.217. The summed E-state index contributed by atoms with van der Waals surface area (Å²) in [6.45, 7) is 4.96. The number of aromatic nitrogens is 1. The van der Waals surface area contributed by atoms with Crippen LogP contribution in [0.5, 0.6) is 5.88 Å². The largest absolute Gasteiger partial charge is 0.477 e. The van der Waals surface area contributed by atoms with Crippen LogP contribution in [-0.2, 0) is 4.74 Å². The maximum absolute atomic E-state index is 13.3. The smallest absolute Gasteiger partial charge is 0.345 e. The second-order valence-corrected chi connectivity index (χ2v) is 9.56. The minimum atomic E-state index is -0.514. The molecule has 0 saturated carbocycles. The maximum Gasteiger partial charge on any atom is 0.345 e. The molecule has 2 aromatic carbocycles. The van der Waals surface area contributed by atoms with Crippen molar-refractivity contribution in [1.29, 1.82) is 0 Å². The number of hydrazine groups is 1. The summed E-state index contributed by atoms with van der Waals surface area (Å²) in [7, 11) is 1.80. The number of anilines is 1. The first kappa shape index (κ1) is 27.9. The Kier molecular flexibility index (Phi) is 9.63. The van der Waals surface area contributed by atoms with Crippen LogP contribution in [0.1, 0.15) is 34.1 Å². The van der Waals surface area contributed by atoms with Gasteiger partial charge in [0.05, 0.1) is 24.4 Å². The van der Waals surface area contributed by atoms with E-state index in [1.807, 2.05) is 6.07 Å². The number of carbonyl (C=O) groups excluding carboxylic acids is 2. The van der Waals surface area contributed by atoms with Crippen LogP contribution in [0, 0.1) is 0 Å². The predicted octanol–water partition coefficient (Wildman–Crippen LogP) is 4.17. The lowest BCUT2D eigenvalue weighted by molar-refractivity contribution is 0.0520. The Morgan fingerprint density at radius 3 is 2.42 bits per heavy atom. The third-order valence-electron chi connectivity index (χ3n) is 6.20. The van der Waals surface area contributed by atoms with Crippen LogP contribution in [0.25, 0.3) is 10.9 Å². The van der Waals surface area contributed by atoms with Crippen LogP contribution in [-0.4, -0.2) is 74.7 Å². The molecule has 38 heavy (non-hydrogen) atoms. The number of piperazine rings is 1. The first-order valence-electron chi connectivity index (χ1n) is 12.6. The summed E-state index contributed by atoms with van der Waals surface area (Å²) in [6, 6.07) is 12.2. The number of halogens is 2. The van der Waals surface area contributed by atoms with Gasteiger partial charge in [-0.3, -0.25) is 15.6 Å².